The van der Waals surface area contributed by atoms with Crippen molar-refractivity contribution in [2.45, 2.75) is 64.9 Å². The highest BCUT2D eigenvalue weighted by atomic mass is 19.1. The van der Waals surface area contributed by atoms with Crippen molar-refractivity contribution in [1.82, 2.24) is 4.73 Å². The molecule has 0 unspecified atom stereocenters. The van der Waals surface area contributed by atoms with Gasteiger partial charge in [0.25, 0.3) is 5.69 Å². The molecule has 0 spiro atoms. The average molecular weight is 537 g/mol. The third-order valence-electron chi connectivity index (χ3n) is 6.70. The number of hydrogen-bond donors (Lipinski definition) is 0. The van der Waals surface area contributed by atoms with Gasteiger partial charge in [-0.05, 0) is 48.9 Å². The van der Waals surface area contributed by atoms with Crippen molar-refractivity contribution in [2.24, 2.45) is 0 Å². The minimum atomic E-state index is -0.787. The van der Waals surface area contributed by atoms with Gasteiger partial charge in [0.1, 0.15) is 24.0 Å². The molecule has 0 saturated carbocycles. The summed E-state index contributed by atoms with van der Waals surface area (Å²) >= 11 is 0. The van der Waals surface area contributed by atoms with Crippen LogP contribution in [-0.2, 0) is 6.61 Å². The Balaban J connectivity index is 1.48. The minimum absolute atomic E-state index is 0.169. The molecule has 0 atom stereocenters. The van der Waals surface area contributed by atoms with Crippen LogP contribution in [0, 0.1) is 16.8 Å². The zero-order valence-corrected chi connectivity index (χ0v) is 22.2. The third-order valence-corrected chi connectivity index (χ3v) is 6.70. The molecule has 4 aromatic rings. The van der Waals surface area contributed by atoms with Crippen LogP contribution in [0.5, 0.6) is 5.75 Å². The van der Waals surface area contributed by atoms with E-state index in [1.54, 1.807) is 42.5 Å². The molecule has 0 aliphatic rings. The first-order valence-corrected chi connectivity index (χ1v) is 13.6. The zero-order valence-electron chi connectivity index (χ0n) is 22.2. The molecule has 0 radical (unpaired) electrons. The lowest BCUT2D eigenvalue weighted by Crippen LogP contribution is -2.42. The van der Waals surface area contributed by atoms with Gasteiger partial charge in [-0.2, -0.15) is 4.73 Å². The maximum Gasteiger partial charge on any atom is 0.357 e. The molecule has 0 aliphatic carbocycles. The number of hydrogen-bond acceptors (Lipinski definition) is 4. The first kappa shape index (κ1) is 28.1. The molecule has 0 aliphatic heterocycles. The third kappa shape index (κ3) is 6.93. The first-order valence-electron chi connectivity index (χ1n) is 13.6. The topological polar surface area (TPSA) is 67.4 Å². The maximum absolute atomic E-state index is 14.1. The van der Waals surface area contributed by atoms with Gasteiger partial charge in [0, 0.05) is 6.07 Å². The van der Waals surface area contributed by atoms with E-state index in [9.17, 15) is 18.8 Å². The van der Waals surface area contributed by atoms with Crippen molar-refractivity contribution in [3.05, 3.63) is 99.5 Å². The number of nitrogens with zero attached hydrogens (tertiary/aromatic N) is 2. The van der Waals surface area contributed by atoms with E-state index < -0.39 is 23.8 Å². The fraction of sp³-hybridized carbons (Fsp3) is 0.355. The molecule has 39 heavy (non-hydrogen) atoms. The molecule has 0 fully saturated rings. The van der Waals surface area contributed by atoms with Gasteiger partial charge in [-0.15, -0.1) is 4.73 Å². The van der Waals surface area contributed by atoms with Gasteiger partial charge in [0.05, 0.1) is 17.7 Å². The van der Waals surface area contributed by atoms with Crippen LogP contribution in [0.2, 0.25) is 0 Å². The van der Waals surface area contributed by atoms with E-state index in [-0.39, 0.29) is 22.3 Å². The van der Waals surface area contributed by atoms with Gasteiger partial charge >= 0.3 is 5.56 Å². The first-order chi connectivity index (χ1) is 19.0. The van der Waals surface area contributed by atoms with Crippen molar-refractivity contribution in [3.8, 4) is 17.0 Å². The molecule has 4 rings (SSSR count). The van der Waals surface area contributed by atoms with Crippen molar-refractivity contribution in [2.75, 3.05) is 6.61 Å². The van der Waals surface area contributed by atoms with Gasteiger partial charge in [-0.25, -0.2) is 8.78 Å². The molecule has 6 nitrogen and oxygen atoms in total. The van der Waals surface area contributed by atoms with Crippen molar-refractivity contribution in [1.29, 1.82) is 0 Å². The number of aromatic nitrogens is 2. The zero-order chi connectivity index (χ0) is 27.6. The molecule has 206 valence electrons. The maximum atomic E-state index is 14.1. The average Bonchev–Trinajstić information content (AvgIpc) is 2.94. The lowest BCUT2D eigenvalue weighted by Gasteiger charge is -2.15. The Bertz CT molecular complexity index is 1420. The van der Waals surface area contributed by atoms with Crippen LogP contribution in [0.1, 0.15) is 63.9 Å². The molecule has 8 heteroatoms. The van der Waals surface area contributed by atoms with Crippen molar-refractivity contribution >= 4 is 11.0 Å². The van der Waals surface area contributed by atoms with Gasteiger partial charge in [0.15, 0.2) is 5.52 Å². The summed E-state index contributed by atoms with van der Waals surface area (Å²) < 4.78 is 35.6. The number of rotatable bonds is 14. The Morgan fingerprint density at radius 1 is 0.821 bits per heavy atom. The number of benzene rings is 3. The summed E-state index contributed by atoms with van der Waals surface area (Å²) in [5.74, 6) is -0.929. The highest BCUT2D eigenvalue weighted by Gasteiger charge is 2.24. The summed E-state index contributed by atoms with van der Waals surface area (Å²) in [5.41, 5.74) is -0.494. The standard InChI is InChI=1S/C31H34F2N2O4/c1-2-3-4-5-6-7-8-11-21-38-24-19-17-23(18-20-24)30-31(36)35(29-16-10-9-15-28(29)34(30)37)39-22-25-26(32)13-12-14-27(25)33/h9-10,12-20H,2-8,11,21-22H2,1H3. The quantitative estimate of drug-likeness (QED) is 0.102. The lowest BCUT2D eigenvalue weighted by molar-refractivity contribution is -0.566. The van der Waals surface area contributed by atoms with Crippen LogP contribution in [0.4, 0.5) is 8.78 Å². The second kappa shape index (κ2) is 13.7. The van der Waals surface area contributed by atoms with E-state index in [4.69, 9.17) is 9.57 Å². The van der Waals surface area contributed by atoms with Crippen LogP contribution in [-0.4, -0.2) is 11.3 Å². The van der Waals surface area contributed by atoms with Gasteiger partial charge < -0.3 is 14.8 Å². The monoisotopic (exact) mass is 536 g/mol. The highest BCUT2D eigenvalue weighted by Crippen LogP contribution is 2.21. The summed E-state index contributed by atoms with van der Waals surface area (Å²) in [6.07, 6.45) is 9.70. The summed E-state index contributed by atoms with van der Waals surface area (Å²) in [6.45, 7) is 2.28. The van der Waals surface area contributed by atoms with E-state index in [0.717, 1.165) is 29.7 Å². The smallest absolute Gasteiger partial charge is 0.357 e. The van der Waals surface area contributed by atoms with Crippen LogP contribution in [0.3, 0.4) is 0 Å². The van der Waals surface area contributed by atoms with Crippen molar-refractivity contribution < 1.29 is 23.1 Å². The van der Waals surface area contributed by atoms with E-state index in [1.165, 1.54) is 50.7 Å². The highest BCUT2D eigenvalue weighted by molar-refractivity contribution is 5.73. The van der Waals surface area contributed by atoms with E-state index in [2.05, 4.69) is 6.92 Å². The number of unbranched alkanes of at least 4 members (excludes halogenated alkanes) is 7. The molecule has 0 amide bonds. The predicted octanol–water partition coefficient (Wildman–Crippen LogP) is 6.73. The van der Waals surface area contributed by atoms with E-state index in [1.807, 2.05) is 0 Å². The Hall–Kier alpha value is -3.94. The minimum Gasteiger partial charge on any atom is -0.618 e. The molecule has 3 aromatic carbocycles. The Kier molecular flexibility index (Phi) is 9.89. The fourth-order valence-corrected chi connectivity index (χ4v) is 4.52. The van der Waals surface area contributed by atoms with Gasteiger partial charge in [-0.3, -0.25) is 4.79 Å². The number of para-hydroxylation sites is 2. The predicted molar refractivity (Wildman–Crippen MR) is 147 cm³/mol. The molecule has 0 N–H and O–H groups in total. The summed E-state index contributed by atoms with van der Waals surface area (Å²) in [6, 6.07) is 16.6. The van der Waals surface area contributed by atoms with Crippen LogP contribution >= 0.6 is 0 Å². The molecule has 0 bridgehead atoms. The Morgan fingerprint density at radius 2 is 1.46 bits per heavy atom. The molecule has 0 saturated heterocycles. The lowest BCUT2D eigenvalue weighted by atomic mass is 10.1. The van der Waals surface area contributed by atoms with Crippen LogP contribution < -0.4 is 19.9 Å². The second-order valence-corrected chi connectivity index (χ2v) is 9.55. The normalized spacial score (nSPS) is 11.2. The molecule has 1 aromatic heterocycles. The number of halogens is 2. The van der Waals surface area contributed by atoms with E-state index >= 15 is 0 Å². The molecule has 1 heterocycles. The fourth-order valence-electron chi connectivity index (χ4n) is 4.52. The summed E-state index contributed by atoms with van der Waals surface area (Å²) in [7, 11) is 0. The van der Waals surface area contributed by atoms with Crippen LogP contribution in [0.25, 0.3) is 22.3 Å². The number of ether oxygens (including phenoxy) is 1. The van der Waals surface area contributed by atoms with E-state index in [0.29, 0.717) is 22.7 Å². The molecular formula is C31H34F2N2O4. The second-order valence-electron chi connectivity index (χ2n) is 9.55. The van der Waals surface area contributed by atoms with Gasteiger partial charge in [-0.1, -0.05) is 70.1 Å². The molecular weight excluding hydrogens is 502 g/mol. The SMILES string of the molecule is CCCCCCCCCCOc1ccc(-c2c(=O)n(OCc3c(F)cccc3F)c3ccccc3[n+]2[O-])cc1. The largest absolute Gasteiger partial charge is 0.618 e. The Labute approximate surface area is 227 Å². The summed E-state index contributed by atoms with van der Waals surface area (Å²) in [5, 5.41) is 13.2. The number of fused-ring (bicyclic) bond motifs is 1. The van der Waals surface area contributed by atoms with Crippen LogP contribution in [0.15, 0.2) is 71.5 Å². The summed E-state index contributed by atoms with van der Waals surface area (Å²) in [4.78, 5) is 19.0. The van der Waals surface area contributed by atoms with Crippen molar-refractivity contribution in [3.63, 3.8) is 0 Å². The Morgan fingerprint density at radius 3 is 2.15 bits per heavy atom. The van der Waals surface area contributed by atoms with Gasteiger partial charge in [0.2, 0.25) is 5.52 Å².